The molecule has 1 N–H and O–H groups in total. The number of likely N-dealkylation sites (tertiary alicyclic amines) is 1. The molecule has 1 unspecified atom stereocenters. The topological polar surface area (TPSA) is 57.6 Å². The maximum absolute atomic E-state index is 14.0. The Bertz CT molecular complexity index is 617. The molecule has 0 radical (unpaired) electrons. The molecule has 0 saturated carbocycles. The number of carbonyl (C=O) groups is 2. The minimum Gasteiger partial charge on any atom is -0.479 e. The summed E-state index contributed by atoms with van der Waals surface area (Å²) in [5.41, 5.74) is -2.25. The molecule has 1 aliphatic heterocycles. The summed E-state index contributed by atoms with van der Waals surface area (Å²) in [5, 5.41) is 8.83. The van der Waals surface area contributed by atoms with Gasteiger partial charge >= 0.3 is 12.1 Å². The van der Waals surface area contributed by atoms with Crippen LogP contribution >= 0.6 is 0 Å². The molecule has 2 rings (SSSR count). The quantitative estimate of drug-likeness (QED) is 0.862. The van der Waals surface area contributed by atoms with E-state index in [1.165, 1.54) is 24.3 Å². The summed E-state index contributed by atoms with van der Waals surface area (Å²) in [5.74, 6) is -2.29. The van der Waals surface area contributed by atoms with Crippen LogP contribution in [0.4, 0.5) is 17.6 Å². The van der Waals surface area contributed by atoms with Gasteiger partial charge in [0.2, 0.25) is 5.67 Å². The molecule has 0 aromatic heterocycles. The Balaban J connectivity index is 2.16. The highest BCUT2D eigenvalue weighted by molar-refractivity contribution is 5.96. The predicted molar refractivity (Wildman–Crippen MR) is 72.8 cm³/mol. The van der Waals surface area contributed by atoms with Crippen molar-refractivity contribution in [2.24, 2.45) is 0 Å². The molecule has 0 spiro atoms. The third kappa shape index (κ3) is 4.00. The van der Waals surface area contributed by atoms with Gasteiger partial charge in [-0.05, 0) is 18.1 Å². The number of rotatable bonds is 4. The Morgan fingerprint density at radius 3 is 2.48 bits per heavy atom. The van der Waals surface area contributed by atoms with E-state index in [-0.39, 0.29) is 30.5 Å². The van der Waals surface area contributed by atoms with Gasteiger partial charge in [-0.25, -0.2) is 9.18 Å². The fraction of sp³-hybridized carbons (Fsp3) is 0.467. The summed E-state index contributed by atoms with van der Waals surface area (Å²) in [6.07, 6.45) is -6.11. The minimum atomic E-state index is -4.35. The van der Waals surface area contributed by atoms with Crippen LogP contribution < -0.4 is 0 Å². The number of amides is 1. The van der Waals surface area contributed by atoms with E-state index in [4.69, 9.17) is 5.11 Å². The first-order valence-corrected chi connectivity index (χ1v) is 6.99. The lowest BCUT2D eigenvalue weighted by molar-refractivity contribution is -0.149. The van der Waals surface area contributed by atoms with Crippen LogP contribution in [0.5, 0.6) is 0 Å². The number of nitrogens with zero attached hydrogens (tertiary/aromatic N) is 1. The van der Waals surface area contributed by atoms with Gasteiger partial charge in [-0.15, -0.1) is 0 Å². The monoisotopic (exact) mass is 333 g/mol. The zero-order valence-corrected chi connectivity index (χ0v) is 12.1. The van der Waals surface area contributed by atoms with Crippen LogP contribution in [-0.4, -0.2) is 46.8 Å². The van der Waals surface area contributed by atoms with Crippen molar-refractivity contribution in [2.75, 3.05) is 13.1 Å². The number of hydrogen-bond donors (Lipinski definition) is 1. The van der Waals surface area contributed by atoms with Gasteiger partial charge in [-0.3, -0.25) is 4.79 Å². The van der Waals surface area contributed by atoms with E-state index in [1.54, 1.807) is 0 Å². The molecule has 4 nitrogen and oxygen atoms in total. The van der Waals surface area contributed by atoms with Crippen molar-refractivity contribution in [3.8, 4) is 0 Å². The number of hydrogen-bond acceptors (Lipinski definition) is 2. The number of carboxylic acids is 1. The third-order valence-electron chi connectivity index (χ3n) is 3.82. The second-order valence-electron chi connectivity index (χ2n) is 5.52. The van der Waals surface area contributed by atoms with Gasteiger partial charge in [-0.1, -0.05) is 18.2 Å². The number of carboxylic acid groups (broad SMARTS) is 1. The van der Waals surface area contributed by atoms with Crippen LogP contribution in [0.15, 0.2) is 24.3 Å². The lowest BCUT2D eigenvalue weighted by atomic mass is 10.0. The van der Waals surface area contributed by atoms with Gasteiger partial charge in [0.15, 0.2) is 0 Å². The summed E-state index contributed by atoms with van der Waals surface area (Å²) in [4.78, 5) is 24.3. The second kappa shape index (κ2) is 6.17. The molecule has 0 aliphatic carbocycles. The zero-order valence-electron chi connectivity index (χ0n) is 12.1. The van der Waals surface area contributed by atoms with E-state index in [1.807, 2.05) is 0 Å². The first-order valence-electron chi connectivity index (χ1n) is 6.99. The first-order chi connectivity index (χ1) is 10.6. The van der Waals surface area contributed by atoms with E-state index in [0.717, 1.165) is 4.90 Å². The molecule has 126 valence electrons. The maximum Gasteiger partial charge on any atom is 0.389 e. The largest absolute Gasteiger partial charge is 0.479 e. The standard InChI is InChI=1S/C15H15F4NO3/c16-14(13(22)23)7-8-20(9-14)12(21)11-4-2-1-3-10(11)5-6-15(17,18)19/h1-4H,5-9H2,(H,22,23). The number of halogens is 4. The number of aliphatic carboxylic acids is 1. The average Bonchev–Trinajstić information content (AvgIpc) is 2.88. The molecule has 8 heteroatoms. The Labute approximate surface area is 129 Å². The Morgan fingerprint density at radius 2 is 1.91 bits per heavy atom. The van der Waals surface area contributed by atoms with Crippen molar-refractivity contribution in [1.29, 1.82) is 0 Å². The number of benzene rings is 1. The molecular weight excluding hydrogens is 318 g/mol. The first kappa shape index (κ1) is 17.2. The highest BCUT2D eigenvalue weighted by Crippen LogP contribution is 2.29. The normalized spacial score (nSPS) is 21.5. The van der Waals surface area contributed by atoms with E-state index >= 15 is 0 Å². The lowest BCUT2D eigenvalue weighted by Gasteiger charge is -2.19. The Hall–Kier alpha value is -2.12. The Morgan fingerprint density at radius 1 is 1.26 bits per heavy atom. The molecule has 23 heavy (non-hydrogen) atoms. The molecule has 1 aromatic rings. The highest BCUT2D eigenvalue weighted by Gasteiger charge is 2.47. The maximum atomic E-state index is 14.0. The van der Waals surface area contributed by atoms with Gasteiger partial charge in [-0.2, -0.15) is 13.2 Å². The zero-order chi connectivity index (χ0) is 17.3. The van der Waals surface area contributed by atoms with Gasteiger partial charge < -0.3 is 10.0 Å². The summed E-state index contributed by atoms with van der Waals surface area (Å²) in [7, 11) is 0. The summed E-state index contributed by atoms with van der Waals surface area (Å²) in [6.45, 7) is -0.690. The molecule has 1 heterocycles. The molecular formula is C15H15F4NO3. The van der Waals surface area contributed by atoms with Gasteiger partial charge in [0.25, 0.3) is 5.91 Å². The van der Waals surface area contributed by atoms with Crippen molar-refractivity contribution in [1.82, 2.24) is 4.90 Å². The Kier molecular flexibility index (Phi) is 4.63. The van der Waals surface area contributed by atoms with Crippen LogP contribution in [0.1, 0.15) is 28.8 Å². The van der Waals surface area contributed by atoms with Gasteiger partial charge in [0, 0.05) is 24.9 Å². The SMILES string of the molecule is O=C(c1ccccc1CCC(F)(F)F)N1CCC(F)(C(=O)O)C1. The number of aryl methyl sites for hydroxylation is 1. The summed E-state index contributed by atoms with van der Waals surface area (Å²) < 4.78 is 51.1. The van der Waals surface area contributed by atoms with E-state index in [0.29, 0.717) is 0 Å². The van der Waals surface area contributed by atoms with Crippen LogP contribution in [0.25, 0.3) is 0 Å². The number of alkyl halides is 4. The van der Waals surface area contributed by atoms with Crippen molar-refractivity contribution in [2.45, 2.75) is 31.1 Å². The van der Waals surface area contributed by atoms with Crippen LogP contribution in [0.2, 0.25) is 0 Å². The van der Waals surface area contributed by atoms with Crippen molar-refractivity contribution >= 4 is 11.9 Å². The molecule has 1 amide bonds. The van der Waals surface area contributed by atoms with Gasteiger partial charge in [0.05, 0.1) is 6.54 Å². The lowest BCUT2D eigenvalue weighted by Crippen LogP contribution is -2.39. The molecule has 1 atom stereocenters. The summed E-state index contributed by atoms with van der Waals surface area (Å²) >= 11 is 0. The van der Waals surface area contributed by atoms with Gasteiger partial charge in [0.1, 0.15) is 0 Å². The average molecular weight is 333 g/mol. The van der Waals surface area contributed by atoms with Crippen molar-refractivity contribution in [3.63, 3.8) is 0 Å². The van der Waals surface area contributed by atoms with E-state index in [2.05, 4.69) is 0 Å². The fourth-order valence-electron chi connectivity index (χ4n) is 2.51. The smallest absolute Gasteiger partial charge is 0.389 e. The van der Waals surface area contributed by atoms with Crippen LogP contribution in [0, 0.1) is 0 Å². The molecule has 1 aromatic carbocycles. The second-order valence-corrected chi connectivity index (χ2v) is 5.52. The van der Waals surface area contributed by atoms with Crippen molar-refractivity contribution < 1.29 is 32.3 Å². The minimum absolute atomic E-state index is 0.0476. The van der Waals surface area contributed by atoms with Crippen molar-refractivity contribution in [3.05, 3.63) is 35.4 Å². The molecule has 0 bridgehead atoms. The molecule has 1 aliphatic rings. The van der Waals surface area contributed by atoms with Crippen LogP contribution in [-0.2, 0) is 11.2 Å². The highest BCUT2D eigenvalue weighted by atomic mass is 19.4. The van der Waals surface area contributed by atoms with E-state index < -0.39 is 36.7 Å². The third-order valence-corrected chi connectivity index (χ3v) is 3.82. The summed E-state index contributed by atoms with van der Waals surface area (Å²) in [6, 6.07) is 5.80. The molecule has 1 fully saturated rings. The van der Waals surface area contributed by atoms with E-state index in [9.17, 15) is 27.2 Å². The predicted octanol–water partition coefficient (Wildman–Crippen LogP) is 2.82. The number of carbonyl (C=O) groups excluding carboxylic acids is 1. The fourth-order valence-corrected chi connectivity index (χ4v) is 2.51. The molecule has 1 saturated heterocycles. The van der Waals surface area contributed by atoms with Crippen LogP contribution in [0.3, 0.4) is 0 Å².